The second kappa shape index (κ2) is 11.5. The van der Waals surface area contributed by atoms with Crippen molar-refractivity contribution in [2.24, 2.45) is 0 Å². The zero-order valence-corrected chi connectivity index (χ0v) is 22.4. The van der Waals surface area contributed by atoms with Gasteiger partial charge >= 0.3 is 30.1 Å². The smallest absolute Gasteiger partial charge is 0.320 e. The number of benzene rings is 2. The Kier molecular flexibility index (Phi) is 9.01. The molecule has 0 radical (unpaired) electrons. The normalized spacial score (nSPS) is 14.2. The van der Waals surface area contributed by atoms with Crippen LogP contribution in [-0.2, 0) is 11.8 Å². The van der Waals surface area contributed by atoms with E-state index in [1.165, 1.54) is 23.6 Å². The number of rotatable bonds is 6. The van der Waals surface area contributed by atoms with E-state index >= 15 is 4.39 Å². The molecule has 0 aliphatic carbocycles. The first kappa shape index (κ1) is 33.8. The molecule has 5 nitrogen and oxygen atoms in total. The predicted octanol–water partition coefficient (Wildman–Crippen LogP) is 8.27. The molecular weight excluding hydrogens is 736 g/mol. The second-order valence-electron chi connectivity index (χ2n) is 8.42. The molecule has 0 fully saturated rings. The topological polar surface area (TPSA) is 71.1 Å². The first-order chi connectivity index (χ1) is 19.5. The lowest BCUT2D eigenvalue weighted by molar-refractivity contribution is -0.389. The number of nitrogens with zero attached hydrogens (tertiary/aromatic N) is 1. The van der Waals surface area contributed by atoms with Crippen LogP contribution in [0, 0.1) is 9.39 Å². The van der Waals surface area contributed by atoms with Gasteiger partial charge in [-0.05, 0) is 59.0 Å². The minimum Gasteiger partial charge on any atom is -0.320 e. The molecule has 1 atom stereocenters. The zero-order chi connectivity index (χ0) is 32.8. The first-order valence-corrected chi connectivity index (χ1v) is 12.0. The van der Waals surface area contributed by atoms with Gasteiger partial charge in [0.25, 0.3) is 11.8 Å². The molecule has 0 bridgehead atoms. The summed E-state index contributed by atoms with van der Waals surface area (Å²) in [5.74, 6) is -11.4. The third-order valence-electron chi connectivity index (χ3n) is 5.63. The molecule has 1 unspecified atom stereocenters. The molecular formula is C24H11F13IN3O2. The van der Waals surface area contributed by atoms with E-state index in [-0.39, 0.29) is 5.56 Å². The van der Waals surface area contributed by atoms with Gasteiger partial charge in [-0.3, -0.25) is 14.6 Å². The molecule has 3 rings (SSSR count). The zero-order valence-electron chi connectivity index (χ0n) is 20.3. The molecule has 2 aromatic carbocycles. The molecule has 19 heteroatoms. The summed E-state index contributed by atoms with van der Waals surface area (Å²) >= 11 is 0.728. The van der Waals surface area contributed by atoms with Crippen molar-refractivity contribution in [3.8, 4) is 0 Å². The molecule has 3 aromatic rings. The summed E-state index contributed by atoms with van der Waals surface area (Å²) < 4.78 is 177. The Balaban J connectivity index is 2.10. The van der Waals surface area contributed by atoms with E-state index in [0.29, 0.717) is 6.07 Å². The van der Waals surface area contributed by atoms with Crippen LogP contribution >= 0.6 is 22.6 Å². The molecule has 0 saturated carbocycles. The number of amides is 2. The molecule has 232 valence electrons. The summed E-state index contributed by atoms with van der Waals surface area (Å²) in [6.07, 6.45) is -17.8. The van der Waals surface area contributed by atoms with Crippen molar-refractivity contribution in [2.45, 2.75) is 30.1 Å². The van der Waals surface area contributed by atoms with E-state index in [0.717, 1.165) is 40.9 Å². The highest BCUT2D eigenvalue weighted by molar-refractivity contribution is 14.1. The summed E-state index contributed by atoms with van der Waals surface area (Å²) in [7, 11) is 0. The number of halogens is 14. The van der Waals surface area contributed by atoms with Crippen LogP contribution in [0.15, 0.2) is 54.9 Å². The number of hydrogen-bond acceptors (Lipinski definition) is 3. The van der Waals surface area contributed by atoms with Crippen LogP contribution in [0.25, 0.3) is 0 Å². The highest BCUT2D eigenvalue weighted by Gasteiger charge is 2.82. The number of hydrogen-bond donors (Lipinski definition) is 2. The van der Waals surface area contributed by atoms with Crippen molar-refractivity contribution in [3.05, 3.63) is 86.5 Å². The van der Waals surface area contributed by atoms with Gasteiger partial charge in [0.2, 0.25) is 0 Å². The van der Waals surface area contributed by atoms with Crippen LogP contribution < -0.4 is 10.6 Å². The molecule has 0 spiro atoms. The summed E-state index contributed by atoms with van der Waals surface area (Å²) in [6, 6.07) is 3.88. The fourth-order valence-electron chi connectivity index (χ4n) is 3.55. The van der Waals surface area contributed by atoms with E-state index in [1.807, 2.05) is 0 Å². The van der Waals surface area contributed by atoms with Gasteiger partial charge < -0.3 is 10.6 Å². The summed E-state index contributed by atoms with van der Waals surface area (Å²) in [4.78, 5) is 28.7. The Morgan fingerprint density at radius 3 is 1.91 bits per heavy atom. The number of aromatic nitrogens is 1. The number of carbonyl (C=O) groups excluding carboxylic acids is 2. The summed E-state index contributed by atoms with van der Waals surface area (Å²) in [5.41, 5.74) is -15.2. The Bertz CT molecular complexity index is 1540. The van der Waals surface area contributed by atoms with Gasteiger partial charge in [0.15, 0.2) is 5.82 Å². The lowest BCUT2D eigenvalue weighted by atomic mass is 9.86. The number of alkyl halides is 12. The Hall–Kier alpha value is -3.65. The van der Waals surface area contributed by atoms with Gasteiger partial charge in [-0.2, -0.15) is 48.3 Å². The molecule has 2 amide bonds. The summed E-state index contributed by atoms with van der Waals surface area (Å²) in [5, 5.41) is 3.57. The van der Waals surface area contributed by atoms with Crippen LogP contribution in [-0.4, -0.2) is 35.1 Å². The standard InChI is InChI=1S/C24H11F13IN3O2/c25-16-12(4-1-5-15(16)40-18(42)10-3-2-6-39-9-10)19(43)41-17-13(21(27,28)29)7-11(8-14(17)38)20(26,23(32,33)34)22(30,31)24(35,36)37/h1-9H,(H,40,42)(H,41,43). The van der Waals surface area contributed by atoms with Crippen molar-refractivity contribution >= 4 is 45.8 Å². The molecule has 0 aliphatic rings. The first-order valence-electron chi connectivity index (χ1n) is 11.0. The molecule has 0 saturated heterocycles. The van der Waals surface area contributed by atoms with E-state index in [4.69, 9.17) is 0 Å². The van der Waals surface area contributed by atoms with Crippen molar-refractivity contribution in [2.75, 3.05) is 10.6 Å². The minimum absolute atomic E-state index is 0.0693. The minimum atomic E-state index is -7.27. The molecule has 1 aromatic heterocycles. The maximum Gasteiger partial charge on any atom is 0.457 e. The van der Waals surface area contributed by atoms with Crippen molar-refractivity contribution in [3.63, 3.8) is 0 Å². The van der Waals surface area contributed by atoms with E-state index < -0.39 is 91.5 Å². The van der Waals surface area contributed by atoms with Crippen molar-refractivity contribution < 1.29 is 66.7 Å². The Labute approximate surface area is 244 Å². The van der Waals surface area contributed by atoms with Gasteiger partial charge in [-0.1, -0.05) is 6.07 Å². The monoisotopic (exact) mass is 747 g/mol. The largest absolute Gasteiger partial charge is 0.457 e. The van der Waals surface area contributed by atoms with Crippen molar-refractivity contribution in [1.82, 2.24) is 4.98 Å². The van der Waals surface area contributed by atoms with E-state index in [1.54, 1.807) is 0 Å². The number of anilines is 2. The van der Waals surface area contributed by atoms with Crippen LogP contribution in [0.1, 0.15) is 31.8 Å². The van der Waals surface area contributed by atoms with E-state index in [2.05, 4.69) is 10.3 Å². The third-order valence-corrected chi connectivity index (χ3v) is 6.48. The second-order valence-corrected chi connectivity index (χ2v) is 9.59. The highest BCUT2D eigenvalue weighted by Crippen LogP contribution is 2.59. The number of carbonyl (C=O) groups is 2. The average Bonchev–Trinajstić information content (AvgIpc) is 2.88. The van der Waals surface area contributed by atoms with Crippen LogP contribution in [0.4, 0.5) is 68.5 Å². The van der Waals surface area contributed by atoms with Gasteiger partial charge in [0.1, 0.15) is 0 Å². The fourth-order valence-corrected chi connectivity index (χ4v) is 4.31. The molecule has 0 aliphatic heterocycles. The quantitative estimate of drug-likeness (QED) is 0.197. The Morgan fingerprint density at radius 1 is 0.767 bits per heavy atom. The average molecular weight is 747 g/mol. The van der Waals surface area contributed by atoms with Gasteiger partial charge in [0.05, 0.1) is 28.1 Å². The maximum atomic E-state index is 15.1. The fraction of sp³-hybridized carbons (Fsp3) is 0.208. The highest BCUT2D eigenvalue weighted by atomic mass is 127. The van der Waals surface area contributed by atoms with Crippen LogP contribution in [0.2, 0.25) is 0 Å². The number of pyridine rings is 1. The molecule has 43 heavy (non-hydrogen) atoms. The van der Waals surface area contributed by atoms with Gasteiger partial charge in [0, 0.05) is 21.5 Å². The van der Waals surface area contributed by atoms with Crippen LogP contribution in [0.3, 0.4) is 0 Å². The Morgan fingerprint density at radius 2 is 1.40 bits per heavy atom. The van der Waals surface area contributed by atoms with Crippen LogP contribution in [0.5, 0.6) is 0 Å². The maximum absolute atomic E-state index is 15.1. The van der Waals surface area contributed by atoms with Crippen molar-refractivity contribution in [1.29, 1.82) is 0 Å². The predicted molar refractivity (Wildman–Crippen MR) is 131 cm³/mol. The SMILES string of the molecule is O=C(Nc1cccc(C(=O)Nc2c(I)cc(C(F)(C(F)(F)F)C(F)(F)C(F)(F)F)cc2C(F)(F)F)c1F)c1cccnc1. The van der Waals surface area contributed by atoms with E-state index in [9.17, 15) is 62.3 Å². The number of nitrogens with one attached hydrogen (secondary N) is 2. The summed E-state index contributed by atoms with van der Waals surface area (Å²) in [6.45, 7) is 0. The van der Waals surface area contributed by atoms with Gasteiger partial charge in [-0.15, -0.1) is 0 Å². The van der Waals surface area contributed by atoms with Gasteiger partial charge in [-0.25, -0.2) is 8.78 Å². The lowest BCUT2D eigenvalue weighted by Crippen LogP contribution is -2.59. The molecule has 1 heterocycles. The molecule has 2 N–H and O–H groups in total. The lowest BCUT2D eigenvalue weighted by Gasteiger charge is -2.36. The third kappa shape index (κ3) is 6.35.